The highest BCUT2D eigenvalue weighted by atomic mass is 15.1. The van der Waals surface area contributed by atoms with Gasteiger partial charge < -0.3 is 0 Å². The molecule has 0 aromatic heterocycles. The number of likely N-dealkylation sites (tertiary alicyclic amines) is 1. The molecule has 1 aliphatic heterocycles. The van der Waals surface area contributed by atoms with E-state index in [9.17, 15) is 0 Å². The lowest BCUT2D eigenvalue weighted by Gasteiger charge is -2.33. The molecule has 32 heavy (non-hydrogen) atoms. The predicted molar refractivity (Wildman–Crippen MR) is 140 cm³/mol. The van der Waals surface area contributed by atoms with Crippen LogP contribution in [-0.4, -0.2) is 36.0 Å². The van der Waals surface area contributed by atoms with Crippen molar-refractivity contribution < 1.29 is 0 Å². The van der Waals surface area contributed by atoms with Gasteiger partial charge in [0.25, 0.3) is 0 Å². The molecule has 172 valence electrons. The molecule has 1 atom stereocenters. The molecule has 0 N–H and O–H groups in total. The average Bonchev–Trinajstić information content (AvgIpc) is 2.80. The Bertz CT molecular complexity index is 885. The Morgan fingerprint density at radius 1 is 1.09 bits per heavy atom. The van der Waals surface area contributed by atoms with Crippen LogP contribution in [0.5, 0.6) is 0 Å². The van der Waals surface area contributed by atoms with Gasteiger partial charge in [-0.2, -0.15) is 0 Å². The first-order valence-corrected chi connectivity index (χ1v) is 12.3. The summed E-state index contributed by atoms with van der Waals surface area (Å²) in [6.07, 6.45) is 8.89. The van der Waals surface area contributed by atoms with Crippen LogP contribution in [0.15, 0.2) is 55.6 Å². The topological polar surface area (TPSA) is 6.48 Å². The molecule has 0 radical (unpaired) electrons. The van der Waals surface area contributed by atoms with Crippen LogP contribution in [0.25, 0.3) is 6.08 Å². The van der Waals surface area contributed by atoms with E-state index in [1.807, 2.05) is 6.08 Å². The molecule has 2 heteroatoms. The Kier molecular flexibility index (Phi) is 8.90. The highest BCUT2D eigenvalue weighted by molar-refractivity contribution is 5.53. The van der Waals surface area contributed by atoms with Gasteiger partial charge in [-0.15, -0.1) is 6.58 Å². The number of rotatable bonds is 10. The smallest absolute Gasteiger partial charge is 0.0275 e. The highest BCUT2D eigenvalue weighted by Gasteiger charge is 2.22. The first-order valence-electron chi connectivity index (χ1n) is 12.3. The molecule has 0 saturated carbocycles. The maximum Gasteiger partial charge on any atom is 0.0275 e. The summed E-state index contributed by atoms with van der Waals surface area (Å²) in [6, 6.07) is 14.1. The Morgan fingerprint density at radius 3 is 2.38 bits per heavy atom. The van der Waals surface area contributed by atoms with Crippen LogP contribution in [0.2, 0.25) is 0 Å². The minimum Gasteiger partial charge on any atom is -0.299 e. The van der Waals surface area contributed by atoms with Crippen LogP contribution in [0.1, 0.15) is 71.9 Å². The van der Waals surface area contributed by atoms with Crippen molar-refractivity contribution >= 4 is 6.08 Å². The fraction of sp³-hybridized carbons (Fsp3) is 0.467. The molecule has 1 unspecified atom stereocenters. The van der Waals surface area contributed by atoms with Crippen molar-refractivity contribution in [2.24, 2.45) is 0 Å². The summed E-state index contributed by atoms with van der Waals surface area (Å²) in [4.78, 5) is 5.06. The van der Waals surface area contributed by atoms with Gasteiger partial charge >= 0.3 is 0 Å². The van der Waals surface area contributed by atoms with Crippen molar-refractivity contribution in [1.82, 2.24) is 9.80 Å². The summed E-state index contributed by atoms with van der Waals surface area (Å²) in [5.41, 5.74) is 8.49. The van der Waals surface area contributed by atoms with Crippen LogP contribution in [-0.2, 0) is 13.1 Å². The van der Waals surface area contributed by atoms with Crippen LogP contribution in [0.3, 0.4) is 0 Å². The average molecular weight is 431 g/mol. The summed E-state index contributed by atoms with van der Waals surface area (Å²) in [5, 5.41) is 0. The third-order valence-electron chi connectivity index (χ3n) is 7.31. The zero-order chi connectivity index (χ0) is 23.1. The molecule has 1 heterocycles. The van der Waals surface area contributed by atoms with Gasteiger partial charge in [0.15, 0.2) is 0 Å². The monoisotopic (exact) mass is 430 g/mol. The first-order chi connectivity index (χ1) is 15.5. The van der Waals surface area contributed by atoms with Crippen LogP contribution in [0.4, 0.5) is 0 Å². The van der Waals surface area contributed by atoms with Gasteiger partial charge in [0.05, 0.1) is 0 Å². The Hall–Kier alpha value is -2.16. The molecule has 0 amide bonds. The fourth-order valence-corrected chi connectivity index (χ4v) is 5.16. The third kappa shape index (κ3) is 5.99. The molecular weight excluding hydrogens is 388 g/mol. The molecule has 2 nitrogen and oxygen atoms in total. The van der Waals surface area contributed by atoms with Gasteiger partial charge in [-0.1, -0.05) is 68.5 Å². The quantitative estimate of drug-likeness (QED) is 0.370. The van der Waals surface area contributed by atoms with Crippen molar-refractivity contribution in [3.63, 3.8) is 0 Å². The molecular formula is C30H42N2. The second-order valence-corrected chi connectivity index (χ2v) is 9.59. The molecule has 0 aliphatic carbocycles. The van der Waals surface area contributed by atoms with Gasteiger partial charge in [-0.25, -0.2) is 0 Å². The van der Waals surface area contributed by atoms with Crippen LogP contribution in [0, 0.1) is 13.8 Å². The van der Waals surface area contributed by atoms with Crippen molar-refractivity contribution in [1.29, 1.82) is 0 Å². The van der Waals surface area contributed by atoms with E-state index in [2.05, 4.69) is 93.3 Å². The summed E-state index contributed by atoms with van der Waals surface area (Å²) < 4.78 is 0. The van der Waals surface area contributed by atoms with Gasteiger partial charge in [0.1, 0.15) is 0 Å². The van der Waals surface area contributed by atoms with Gasteiger partial charge in [0.2, 0.25) is 0 Å². The van der Waals surface area contributed by atoms with Crippen LogP contribution < -0.4 is 0 Å². The van der Waals surface area contributed by atoms with E-state index in [1.54, 1.807) is 0 Å². The predicted octanol–water partition coefficient (Wildman–Crippen LogP) is 7.11. The fourth-order valence-electron chi connectivity index (χ4n) is 5.16. The number of piperidine rings is 1. The molecule has 0 spiro atoms. The van der Waals surface area contributed by atoms with Gasteiger partial charge in [-0.3, -0.25) is 9.80 Å². The third-order valence-corrected chi connectivity index (χ3v) is 7.31. The van der Waals surface area contributed by atoms with E-state index in [-0.39, 0.29) is 0 Å². The number of benzene rings is 2. The Labute approximate surface area is 196 Å². The van der Waals surface area contributed by atoms with Crippen molar-refractivity contribution in [2.45, 2.75) is 71.5 Å². The number of likely N-dealkylation sites (N-methyl/N-ethyl adjacent to an activating group) is 1. The van der Waals surface area contributed by atoms with Crippen molar-refractivity contribution in [3.8, 4) is 0 Å². The van der Waals surface area contributed by atoms with E-state index >= 15 is 0 Å². The zero-order valence-corrected chi connectivity index (χ0v) is 20.7. The molecule has 1 saturated heterocycles. The minimum absolute atomic E-state index is 0.425. The lowest BCUT2D eigenvalue weighted by atomic mass is 9.87. The minimum atomic E-state index is 0.425. The SMILES string of the molecule is C=Cc1ccc(C2CCN(Cc3c(C)cccc3C)CC2)cc1CN(C)C(C=C)CCC. The van der Waals surface area contributed by atoms with Gasteiger partial charge in [-0.05, 0) is 92.5 Å². The van der Waals surface area contributed by atoms with Crippen molar-refractivity contribution in [2.75, 3.05) is 20.1 Å². The largest absolute Gasteiger partial charge is 0.299 e. The summed E-state index contributed by atoms with van der Waals surface area (Å²) in [7, 11) is 2.22. The van der Waals surface area contributed by atoms with E-state index in [0.717, 1.165) is 19.5 Å². The van der Waals surface area contributed by atoms with Crippen LogP contribution >= 0.6 is 0 Å². The number of aryl methyl sites for hydroxylation is 2. The summed E-state index contributed by atoms with van der Waals surface area (Å²) >= 11 is 0. The van der Waals surface area contributed by atoms with Gasteiger partial charge in [0, 0.05) is 19.1 Å². The Morgan fingerprint density at radius 2 is 1.78 bits per heavy atom. The maximum atomic E-state index is 4.06. The lowest BCUT2D eigenvalue weighted by Crippen LogP contribution is -2.33. The highest BCUT2D eigenvalue weighted by Crippen LogP contribution is 2.31. The molecule has 0 bridgehead atoms. The zero-order valence-electron chi connectivity index (χ0n) is 20.7. The van der Waals surface area contributed by atoms with E-state index in [1.165, 1.54) is 65.7 Å². The first kappa shape index (κ1) is 24.5. The second kappa shape index (κ2) is 11.6. The second-order valence-electron chi connectivity index (χ2n) is 9.59. The molecule has 3 rings (SSSR count). The maximum absolute atomic E-state index is 4.06. The van der Waals surface area contributed by atoms with E-state index in [0.29, 0.717) is 12.0 Å². The van der Waals surface area contributed by atoms with E-state index < -0.39 is 0 Å². The molecule has 1 fully saturated rings. The molecule has 2 aromatic carbocycles. The van der Waals surface area contributed by atoms with Crippen molar-refractivity contribution in [3.05, 3.63) is 89.0 Å². The number of hydrogen-bond donors (Lipinski definition) is 0. The standard InChI is InChI=1S/C30H42N2/c1-7-11-29(9-3)31(6)21-28-20-27(15-14-25(28)8-2)26-16-18-32(19-17-26)22-30-23(4)12-10-13-24(30)5/h8-10,12-15,20,26,29H,2-3,7,11,16-19,21-22H2,1,4-6H3. The lowest BCUT2D eigenvalue weighted by molar-refractivity contribution is 0.204. The summed E-state index contributed by atoms with van der Waals surface area (Å²) in [5.74, 6) is 0.651. The number of hydrogen-bond acceptors (Lipinski definition) is 2. The molecule has 1 aliphatic rings. The summed E-state index contributed by atoms with van der Waals surface area (Å²) in [6.45, 7) is 19.2. The number of nitrogens with zero attached hydrogens (tertiary/aromatic N) is 2. The molecule has 2 aromatic rings. The normalized spacial score (nSPS) is 16.3. The van der Waals surface area contributed by atoms with E-state index in [4.69, 9.17) is 0 Å². The Balaban J connectivity index is 1.67.